The van der Waals surface area contributed by atoms with Gasteiger partial charge in [-0.05, 0) is 43.8 Å². The first-order chi connectivity index (χ1) is 15.3. The van der Waals surface area contributed by atoms with Crippen LogP contribution in [-0.4, -0.2) is 49.8 Å². The molecule has 1 aliphatic rings. The van der Waals surface area contributed by atoms with Gasteiger partial charge in [0, 0.05) is 31.4 Å². The third-order valence-corrected chi connectivity index (χ3v) is 5.94. The Kier molecular flexibility index (Phi) is 5.79. The lowest BCUT2D eigenvalue weighted by Crippen LogP contribution is -2.37. The van der Waals surface area contributed by atoms with Crippen LogP contribution in [0.3, 0.4) is 0 Å². The number of benzene rings is 1. The second-order valence-electron chi connectivity index (χ2n) is 7.33. The quantitative estimate of drug-likeness (QED) is 0.596. The second-order valence-corrected chi connectivity index (χ2v) is 8.32. The molecule has 4 rings (SSSR count). The number of amides is 3. The molecule has 1 aromatic carbocycles. The maximum Gasteiger partial charge on any atom is 0.293 e. The van der Waals surface area contributed by atoms with Crippen LogP contribution < -0.4 is 5.32 Å². The zero-order valence-electron chi connectivity index (χ0n) is 17.7. The average molecular weight is 453 g/mol. The zero-order valence-corrected chi connectivity index (χ0v) is 18.5. The summed E-state index contributed by atoms with van der Waals surface area (Å²) in [6, 6.07) is 7.70. The lowest BCUT2D eigenvalue weighted by molar-refractivity contribution is -0.122. The third kappa shape index (κ3) is 4.01. The molecule has 0 bridgehead atoms. The molecule has 0 atom stereocenters. The predicted octanol–water partition coefficient (Wildman–Crippen LogP) is 3.19. The number of thioether (sulfide) groups is 1. The van der Waals surface area contributed by atoms with Crippen LogP contribution in [0.25, 0.3) is 17.1 Å². The SMILES string of the molecule is Cc1cc(C(=O)NCCN2C(=O)S/C(=C\c3ccccc3F)C2=O)c2c(C)nn(C)c2n1. The lowest BCUT2D eigenvalue weighted by Gasteiger charge is -2.13. The number of carbonyl (C=O) groups is 3. The number of aromatic nitrogens is 3. The van der Waals surface area contributed by atoms with Crippen molar-refractivity contribution in [2.45, 2.75) is 13.8 Å². The maximum atomic E-state index is 13.9. The number of rotatable bonds is 5. The summed E-state index contributed by atoms with van der Waals surface area (Å²) in [4.78, 5) is 43.3. The fourth-order valence-electron chi connectivity index (χ4n) is 3.55. The molecule has 3 heterocycles. The summed E-state index contributed by atoms with van der Waals surface area (Å²) in [5.74, 6) is -1.33. The minimum absolute atomic E-state index is 0.00422. The van der Waals surface area contributed by atoms with Crippen molar-refractivity contribution in [2.75, 3.05) is 13.1 Å². The minimum Gasteiger partial charge on any atom is -0.350 e. The molecule has 1 aliphatic heterocycles. The van der Waals surface area contributed by atoms with Gasteiger partial charge >= 0.3 is 0 Å². The number of hydrogen-bond acceptors (Lipinski definition) is 6. The number of nitrogens with one attached hydrogen (secondary N) is 1. The van der Waals surface area contributed by atoms with Crippen LogP contribution in [0.1, 0.15) is 27.3 Å². The normalized spacial score (nSPS) is 15.2. The number of nitrogens with zero attached hydrogens (tertiary/aromatic N) is 4. The van der Waals surface area contributed by atoms with E-state index in [1.807, 2.05) is 0 Å². The van der Waals surface area contributed by atoms with Crippen molar-refractivity contribution >= 4 is 45.9 Å². The summed E-state index contributed by atoms with van der Waals surface area (Å²) in [6.07, 6.45) is 1.36. The number of carbonyl (C=O) groups excluding carboxylic acids is 3. The molecule has 1 fully saturated rings. The largest absolute Gasteiger partial charge is 0.350 e. The van der Waals surface area contributed by atoms with Crippen LogP contribution in [-0.2, 0) is 11.8 Å². The highest BCUT2D eigenvalue weighted by Crippen LogP contribution is 2.32. The highest BCUT2D eigenvalue weighted by molar-refractivity contribution is 8.18. The summed E-state index contributed by atoms with van der Waals surface area (Å²) in [5.41, 5.74) is 2.64. The van der Waals surface area contributed by atoms with Crippen molar-refractivity contribution < 1.29 is 18.8 Å². The molecule has 8 nitrogen and oxygen atoms in total. The summed E-state index contributed by atoms with van der Waals surface area (Å²) in [6.45, 7) is 3.68. The Balaban J connectivity index is 1.45. The third-order valence-electron chi connectivity index (χ3n) is 5.03. The molecule has 0 spiro atoms. The van der Waals surface area contributed by atoms with E-state index in [1.165, 1.54) is 18.2 Å². The Morgan fingerprint density at radius 1 is 1.25 bits per heavy atom. The Bertz CT molecular complexity index is 1300. The first-order valence-corrected chi connectivity index (χ1v) is 10.7. The van der Waals surface area contributed by atoms with Gasteiger partial charge in [0.15, 0.2) is 5.65 Å². The van der Waals surface area contributed by atoms with E-state index in [0.29, 0.717) is 28.0 Å². The summed E-state index contributed by atoms with van der Waals surface area (Å²) < 4.78 is 15.5. The average Bonchev–Trinajstić information content (AvgIpc) is 3.18. The van der Waals surface area contributed by atoms with Crippen molar-refractivity contribution in [3.05, 3.63) is 63.6 Å². The molecule has 2 aromatic heterocycles. The zero-order chi connectivity index (χ0) is 23.0. The van der Waals surface area contributed by atoms with E-state index in [2.05, 4.69) is 15.4 Å². The molecule has 3 amide bonds. The van der Waals surface area contributed by atoms with Crippen molar-refractivity contribution in [3.63, 3.8) is 0 Å². The van der Waals surface area contributed by atoms with Gasteiger partial charge in [-0.1, -0.05) is 18.2 Å². The second kappa shape index (κ2) is 8.54. The van der Waals surface area contributed by atoms with Gasteiger partial charge in [-0.25, -0.2) is 9.37 Å². The number of imide groups is 1. The monoisotopic (exact) mass is 453 g/mol. The van der Waals surface area contributed by atoms with E-state index >= 15 is 0 Å². The van der Waals surface area contributed by atoms with Crippen LogP contribution in [0.15, 0.2) is 35.2 Å². The van der Waals surface area contributed by atoms with E-state index in [1.54, 1.807) is 43.8 Å². The predicted molar refractivity (Wildman–Crippen MR) is 119 cm³/mol. The smallest absolute Gasteiger partial charge is 0.293 e. The number of halogens is 1. The number of hydrogen-bond donors (Lipinski definition) is 1. The van der Waals surface area contributed by atoms with E-state index < -0.39 is 17.0 Å². The van der Waals surface area contributed by atoms with Gasteiger partial charge in [-0.2, -0.15) is 5.10 Å². The molecular weight excluding hydrogens is 433 g/mol. The maximum absolute atomic E-state index is 13.9. The molecule has 3 aromatic rings. The van der Waals surface area contributed by atoms with Crippen molar-refractivity contribution in [1.29, 1.82) is 0 Å². The van der Waals surface area contributed by atoms with Gasteiger partial charge in [-0.3, -0.25) is 24.0 Å². The fraction of sp³-hybridized carbons (Fsp3) is 0.227. The van der Waals surface area contributed by atoms with Gasteiger partial charge in [0.2, 0.25) is 0 Å². The van der Waals surface area contributed by atoms with Crippen LogP contribution >= 0.6 is 11.8 Å². The molecule has 0 radical (unpaired) electrons. The number of aryl methyl sites for hydroxylation is 3. The molecule has 1 saturated heterocycles. The number of fused-ring (bicyclic) bond motifs is 1. The van der Waals surface area contributed by atoms with Crippen molar-refractivity contribution in [1.82, 2.24) is 25.0 Å². The fourth-order valence-corrected chi connectivity index (χ4v) is 4.41. The van der Waals surface area contributed by atoms with Crippen LogP contribution in [0.5, 0.6) is 0 Å². The Hall–Kier alpha value is -3.53. The molecule has 164 valence electrons. The molecule has 0 aliphatic carbocycles. The minimum atomic E-state index is -0.511. The summed E-state index contributed by atoms with van der Waals surface area (Å²) in [5, 5.41) is 7.29. The standard InChI is InChI=1S/C22H20FN5O3S/c1-12-10-15(18-13(2)26-27(3)19(18)25-12)20(29)24-8-9-28-21(30)17(32-22(28)31)11-14-6-4-5-7-16(14)23/h4-7,10-11H,8-9H2,1-3H3,(H,24,29)/b17-11-. The molecule has 1 N–H and O–H groups in total. The van der Waals surface area contributed by atoms with Crippen molar-refractivity contribution in [2.24, 2.45) is 7.05 Å². The Morgan fingerprint density at radius 2 is 2.00 bits per heavy atom. The van der Waals surface area contributed by atoms with Crippen LogP contribution in [0.2, 0.25) is 0 Å². The first kappa shape index (κ1) is 21.7. The van der Waals surface area contributed by atoms with E-state index in [0.717, 1.165) is 16.7 Å². The van der Waals surface area contributed by atoms with E-state index in [-0.39, 0.29) is 29.5 Å². The van der Waals surface area contributed by atoms with E-state index in [9.17, 15) is 18.8 Å². The van der Waals surface area contributed by atoms with Gasteiger partial charge in [-0.15, -0.1) is 0 Å². The summed E-state index contributed by atoms with van der Waals surface area (Å²) >= 11 is 0.749. The topological polar surface area (TPSA) is 97.2 Å². The van der Waals surface area contributed by atoms with E-state index in [4.69, 9.17) is 0 Å². The van der Waals surface area contributed by atoms with Gasteiger partial charge in [0.25, 0.3) is 17.1 Å². The van der Waals surface area contributed by atoms with Gasteiger partial charge < -0.3 is 5.32 Å². The highest BCUT2D eigenvalue weighted by atomic mass is 32.2. The molecule has 10 heteroatoms. The Morgan fingerprint density at radius 3 is 2.75 bits per heavy atom. The summed E-state index contributed by atoms with van der Waals surface area (Å²) in [7, 11) is 1.76. The van der Waals surface area contributed by atoms with Gasteiger partial charge in [0.05, 0.1) is 21.5 Å². The molecule has 0 unspecified atom stereocenters. The Labute approximate surface area is 187 Å². The highest BCUT2D eigenvalue weighted by Gasteiger charge is 2.35. The van der Waals surface area contributed by atoms with Crippen LogP contribution in [0.4, 0.5) is 9.18 Å². The van der Waals surface area contributed by atoms with Crippen molar-refractivity contribution in [3.8, 4) is 0 Å². The first-order valence-electron chi connectivity index (χ1n) is 9.85. The number of pyridine rings is 1. The van der Waals surface area contributed by atoms with Crippen LogP contribution in [0, 0.1) is 19.7 Å². The molecule has 0 saturated carbocycles. The molecule has 32 heavy (non-hydrogen) atoms. The lowest BCUT2D eigenvalue weighted by atomic mass is 10.1. The van der Waals surface area contributed by atoms with Gasteiger partial charge in [0.1, 0.15) is 5.82 Å². The molecular formula is C22H20FN5O3S.